The van der Waals surface area contributed by atoms with Crippen molar-refractivity contribution in [3.8, 4) is 0 Å². The number of benzene rings is 1. The van der Waals surface area contributed by atoms with E-state index >= 15 is 0 Å². The molecule has 1 amide bonds. The van der Waals surface area contributed by atoms with Crippen molar-refractivity contribution < 1.29 is 9.53 Å². The van der Waals surface area contributed by atoms with E-state index in [1.807, 2.05) is 0 Å². The Balaban J connectivity index is 2.59. The van der Waals surface area contributed by atoms with Gasteiger partial charge in [0.15, 0.2) is 0 Å². The van der Waals surface area contributed by atoms with Gasteiger partial charge in [-0.3, -0.25) is 4.79 Å². The van der Waals surface area contributed by atoms with Gasteiger partial charge in [-0.25, -0.2) is 0 Å². The van der Waals surface area contributed by atoms with Gasteiger partial charge in [-0.15, -0.1) is 0 Å². The Labute approximate surface area is 109 Å². The largest absolute Gasteiger partial charge is 0.399 e. The Kier molecular flexibility index (Phi) is 6.22. The molecule has 1 aromatic carbocycles. The summed E-state index contributed by atoms with van der Waals surface area (Å²) in [4.78, 5) is 12.0. The monoisotopic (exact) mass is 250 g/mol. The molecule has 1 aromatic rings. The minimum Gasteiger partial charge on any atom is -0.399 e. The van der Waals surface area contributed by atoms with Gasteiger partial charge in [0, 0.05) is 18.4 Å². The minimum atomic E-state index is -0.0968. The molecule has 1 rings (SSSR count). The number of nitrogens with two attached hydrogens (primary N) is 1. The number of rotatable bonds is 7. The first kappa shape index (κ1) is 14.5. The topological polar surface area (TPSA) is 64.3 Å². The van der Waals surface area contributed by atoms with Crippen LogP contribution in [0.4, 0.5) is 5.69 Å². The number of hydrogen-bond acceptors (Lipinski definition) is 3. The van der Waals surface area contributed by atoms with Crippen LogP contribution >= 0.6 is 0 Å². The van der Waals surface area contributed by atoms with Crippen LogP contribution in [0.3, 0.4) is 0 Å². The lowest BCUT2D eigenvalue weighted by Gasteiger charge is -2.17. The number of nitrogen functional groups attached to an aromatic ring is 1. The molecule has 100 valence electrons. The third-order valence-corrected chi connectivity index (χ3v) is 2.76. The van der Waals surface area contributed by atoms with Crippen molar-refractivity contribution in [1.82, 2.24) is 5.32 Å². The van der Waals surface area contributed by atoms with Crippen LogP contribution in [0.15, 0.2) is 24.3 Å². The highest BCUT2D eigenvalue weighted by Crippen LogP contribution is 2.08. The predicted molar refractivity (Wildman–Crippen MR) is 73.5 cm³/mol. The predicted octanol–water partition coefficient (Wildman–Crippen LogP) is 2.20. The molecule has 3 N–H and O–H groups in total. The summed E-state index contributed by atoms with van der Waals surface area (Å²) in [6.45, 7) is 2.66. The van der Waals surface area contributed by atoms with Crippen LogP contribution in [0.5, 0.6) is 0 Å². The zero-order valence-electron chi connectivity index (χ0n) is 11.1. The molecule has 0 aliphatic carbocycles. The molecule has 0 aromatic heterocycles. The number of anilines is 1. The molecule has 1 unspecified atom stereocenters. The molecule has 4 nitrogen and oxygen atoms in total. The summed E-state index contributed by atoms with van der Waals surface area (Å²) in [5.74, 6) is -0.0968. The van der Waals surface area contributed by atoms with Crippen molar-refractivity contribution in [2.24, 2.45) is 0 Å². The van der Waals surface area contributed by atoms with Gasteiger partial charge >= 0.3 is 0 Å². The lowest BCUT2D eigenvalue weighted by Crippen LogP contribution is -2.38. The maximum Gasteiger partial charge on any atom is 0.251 e. The van der Waals surface area contributed by atoms with Crippen LogP contribution in [0.25, 0.3) is 0 Å². The van der Waals surface area contributed by atoms with E-state index in [9.17, 15) is 4.79 Å². The van der Waals surface area contributed by atoms with Crippen molar-refractivity contribution in [2.45, 2.75) is 32.2 Å². The molecule has 18 heavy (non-hydrogen) atoms. The second-order valence-electron chi connectivity index (χ2n) is 4.39. The van der Waals surface area contributed by atoms with Crippen molar-refractivity contribution in [3.63, 3.8) is 0 Å². The summed E-state index contributed by atoms with van der Waals surface area (Å²) in [6, 6.07) is 7.04. The summed E-state index contributed by atoms with van der Waals surface area (Å²) >= 11 is 0. The van der Waals surface area contributed by atoms with E-state index in [2.05, 4.69) is 12.2 Å². The zero-order chi connectivity index (χ0) is 13.4. The normalized spacial score (nSPS) is 12.1. The van der Waals surface area contributed by atoms with Gasteiger partial charge in [0.25, 0.3) is 5.91 Å². The van der Waals surface area contributed by atoms with E-state index in [0.29, 0.717) is 17.9 Å². The Morgan fingerprint density at radius 1 is 1.50 bits per heavy atom. The maximum atomic E-state index is 12.0. The molecule has 1 atom stereocenters. The molecule has 0 bridgehead atoms. The average Bonchev–Trinajstić information content (AvgIpc) is 2.36. The number of amides is 1. The smallest absolute Gasteiger partial charge is 0.251 e. The highest BCUT2D eigenvalue weighted by molar-refractivity contribution is 5.95. The van der Waals surface area contributed by atoms with Crippen molar-refractivity contribution in [1.29, 1.82) is 0 Å². The maximum absolute atomic E-state index is 12.0. The Morgan fingerprint density at radius 2 is 2.28 bits per heavy atom. The fourth-order valence-electron chi connectivity index (χ4n) is 1.80. The molecule has 0 aliphatic rings. The lowest BCUT2D eigenvalue weighted by molar-refractivity contribution is 0.0890. The summed E-state index contributed by atoms with van der Waals surface area (Å²) in [7, 11) is 1.64. The number of methoxy groups -OCH3 is 1. The molecule has 4 heteroatoms. The Bertz CT molecular complexity index is 380. The van der Waals surface area contributed by atoms with Gasteiger partial charge in [-0.2, -0.15) is 0 Å². The van der Waals surface area contributed by atoms with E-state index in [-0.39, 0.29) is 11.9 Å². The van der Waals surface area contributed by atoms with Crippen LogP contribution in [0.2, 0.25) is 0 Å². The SMILES string of the molecule is CCCCC(COC)NC(=O)c1cccc(N)c1. The van der Waals surface area contributed by atoms with Gasteiger partial charge < -0.3 is 15.8 Å². The first-order valence-corrected chi connectivity index (χ1v) is 6.32. The summed E-state index contributed by atoms with van der Waals surface area (Å²) in [6.07, 6.45) is 3.11. The first-order chi connectivity index (χ1) is 8.67. The molecule has 0 saturated carbocycles. The molecular formula is C14H22N2O2. The quantitative estimate of drug-likeness (QED) is 0.729. The van der Waals surface area contributed by atoms with Gasteiger partial charge in [-0.05, 0) is 24.6 Å². The Morgan fingerprint density at radius 3 is 2.89 bits per heavy atom. The number of hydrogen-bond donors (Lipinski definition) is 2. The minimum absolute atomic E-state index is 0.0591. The third-order valence-electron chi connectivity index (χ3n) is 2.76. The van der Waals surface area contributed by atoms with Gasteiger partial charge in [-0.1, -0.05) is 25.8 Å². The summed E-state index contributed by atoms with van der Waals surface area (Å²) in [5, 5.41) is 2.98. The van der Waals surface area contributed by atoms with Crippen LogP contribution < -0.4 is 11.1 Å². The molecule has 0 spiro atoms. The number of unbranched alkanes of at least 4 members (excludes halogenated alkanes) is 1. The van der Waals surface area contributed by atoms with E-state index in [0.717, 1.165) is 19.3 Å². The van der Waals surface area contributed by atoms with Crippen LogP contribution in [-0.4, -0.2) is 25.7 Å². The second-order valence-corrected chi connectivity index (χ2v) is 4.39. The highest BCUT2D eigenvalue weighted by atomic mass is 16.5. The van der Waals surface area contributed by atoms with Crippen molar-refractivity contribution in [3.05, 3.63) is 29.8 Å². The molecule has 0 aliphatic heterocycles. The van der Waals surface area contributed by atoms with Gasteiger partial charge in [0.05, 0.1) is 12.6 Å². The van der Waals surface area contributed by atoms with Gasteiger partial charge in [0.2, 0.25) is 0 Å². The Hall–Kier alpha value is -1.55. The van der Waals surface area contributed by atoms with E-state index in [1.165, 1.54) is 0 Å². The van der Waals surface area contributed by atoms with Crippen molar-refractivity contribution in [2.75, 3.05) is 19.5 Å². The second kappa shape index (κ2) is 7.71. The first-order valence-electron chi connectivity index (χ1n) is 6.32. The van der Waals surface area contributed by atoms with Crippen LogP contribution in [0, 0.1) is 0 Å². The number of nitrogens with one attached hydrogen (secondary N) is 1. The van der Waals surface area contributed by atoms with Crippen LogP contribution in [0.1, 0.15) is 36.5 Å². The summed E-state index contributed by atoms with van der Waals surface area (Å²) in [5.41, 5.74) is 6.85. The lowest BCUT2D eigenvalue weighted by atomic mass is 10.1. The number of carbonyl (C=O) groups excluding carboxylic acids is 1. The fourth-order valence-corrected chi connectivity index (χ4v) is 1.80. The molecule has 0 fully saturated rings. The number of carbonyl (C=O) groups is 1. The zero-order valence-corrected chi connectivity index (χ0v) is 11.1. The van der Waals surface area contributed by atoms with E-state index in [4.69, 9.17) is 10.5 Å². The standard InChI is InChI=1S/C14H22N2O2/c1-3-4-8-13(10-18-2)16-14(17)11-6-5-7-12(15)9-11/h5-7,9,13H,3-4,8,10,15H2,1-2H3,(H,16,17). The molecular weight excluding hydrogens is 228 g/mol. The molecule has 0 radical (unpaired) electrons. The van der Waals surface area contributed by atoms with Crippen molar-refractivity contribution >= 4 is 11.6 Å². The van der Waals surface area contributed by atoms with E-state index in [1.54, 1.807) is 31.4 Å². The average molecular weight is 250 g/mol. The fraction of sp³-hybridized carbons (Fsp3) is 0.500. The summed E-state index contributed by atoms with van der Waals surface area (Å²) < 4.78 is 5.12. The molecule has 0 saturated heterocycles. The highest BCUT2D eigenvalue weighted by Gasteiger charge is 2.13. The van der Waals surface area contributed by atoms with Crippen LogP contribution in [-0.2, 0) is 4.74 Å². The third kappa shape index (κ3) is 4.75. The molecule has 0 heterocycles. The van der Waals surface area contributed by atoms with E-state index < -0.39 is 0 Å². The van der Waals surface area contributed by atoms with Gasteiger partial charge in [0.1, 0.15) is 0 Å². The number of ether oxygens (including phenoxy) is 1.